The predicted octanol–water partition coefficient (Wildman–Crippen LogP) is 2.85. The Morgan fingerprint density at radius 1 is 0.815 bits per heavy atom. The van der Waals surface area contributed by atoms with Crippen molar-refractivity contribution >= 4 is 5.97 Å². The molecule has 0 unspecified atom stereocenters. The highest BCUT2D eigenvalue weighted by Gasteiger charge is 2.28. The van der Waals surface area contributed by atoms with E-state index in [2.05, 4.69) is 21.7 Å². The maximum absolute atomic E-state index is 12.0. The van der Waals surface area contributed by atoms with Crippen LogP contribution in [0.2, 0.25) is 0 Å². The van der Waals surface area contributed by atoms with Crippen LogP contribution in [-0.4, -0.2) is 86.7 Å². The first kappa shape index (κ1) is 21.1. The molecule has 5 heteroatoms. The van der Waals surface area contributed by atoms with Crippen LogP contribution in [-0.2, 0) is 9.53 Å². The van der Waals surface area contributed by atoms with Crippen LogP contribution in [0.5, 0.6) is 0 Å². The molecule has 3 aliphatic heterocycles. The number of esters is 1. The molecule has 0 aromatic rings. The minimum absolute atomic E-state index is 0.00825. The van der Waals surface area contributed by atoms with E-state index < -0.39 is 0 Å². The molecule has 0 aromatic carbocycles. The Hall–Kier alpha value is -0.650. The molecule has 3 rings (SSSR count). The van der Waals surface area contributed by atoms with E-state index in [9.17, 15) is 4.79 Å². The number of hydrogen-bond donors (Lipinski definition) is 0. The van der Waals surface area contributed by atoms with E-state index in [1.165, 1.54) is 84.2 Å². The highest BCUT2D eigenvalue weighted by atomic mass is 16.5. The van der Waals surface area contributed by atoms with Crippen molar-refractivity contribution in [3.8, 4) is 0 Å². The summed E-state index contributed by atoms with van der Waals surface area (Å²) in [4.78, 5) is 19.5. The number of carbonyl (C=O) groups is 1. The second-order valence-corrected chi connectivity index (χ2v) is 9.05. The quantitative estimate of drug-likeness (QED) is 0.479. The van der Waals surface area contributed by atoms with Crippen molar-refractivity contribution in [1.82, 2.24) is 14.7 Å². The van der Waals surface area contributed by atoms with Crippen molar-refractivity contribution < 1.29 is 9.53 Å². The van der Waals surface area contributed by atoms with E-state index >= 15 is 0 Å². The van der Waals surface area contributed by atoms with Crippen LogP contribution in [0.4, 0.5) is 0 Å². The third kappa shape index (κ3) is 7.35. The van der Waals surface area contributed by atoms with E-state index in [1.807, 2.05) is 0 Å². The van der Waals surface area contributed by atoms with Gasteiger partial charge in [0.2, 0.25) is 0 Å². The van der Waals surface area contributed by atoms with Crippen LogP contribution in [0, 0.1) is 11.8 Å². The van der Waals surface area contributed by atoms with Crippen LogP contribution in [0.1, 0.15) is 57.8 Å². The summed E-state index contributed by atoms with van der Waals surface area (Å²) in [5.41, 5.74) is 0. The van der Waals surface area contributed by atoms with Gasteiger partial charge in [0.15, 0.2) is 0 Å². The zero-order valence-electron chi connectivity index (χ0n) is 17.5. The Bertz CT molecular complexity index is 423. The summed E-state index contributed by atoms with van der Waals surface area (Å²) in [5, 5.41) is 0. The van der Waals surface area contributed by atoms with Gasteiger partial charge in [-0.1, -0.05) is 6.42 Å². The van der Waals surface area contributed by atoms with E-state index in [4.69, 9.17) is 4.74 Å². The van der Waals surface area contributed by atoms with Gasteiger partial charge in [0.05, 0.1) is 13.0 Å². The number of carbonyl (C=O) groups excluding carboxylic acids is 1. The summed E-state index contributed by atoms with van der Waals surface area (Å²) in [7, 11) is 2.24. The Labute approximate surface area is 166 Å². The van der Waals surface area contributed by atoms with Gasteiger partial charge in [-0.05, 0) is 103 Å². The zero-order valence-corrected chi connectivity index (χ0v) is 17.5. The van der Waals surface area contributed by atoms with Gasteiger partial charge in [-0.15, -0.1) is 0 Å². The van der Waals surface area contributed by atoms with Crippen LogP contribution < -0.4 is 0 Å². The fraction of sp³-hybridized carbons (Fsp3) is 0.955. The summed E-state index contributed by atoms with van der Waals surface area (Å²) in [5.74, 6) is 1.84. The molecular weight excluding hydrogens is 338 g/mol. The van der Waals surface area contributed by atoms with E-state index in [-0.39, 0.29) is 5.97 Å². The lowest BCUT2D eigenvalue weighted by atomic mass is 9.79. The lowest BCUT2D eigenvalue weighted by Crippen LogP contribution is -2.40. The number of likely N-dealkylation sites (tertiary alicyclic amines) is 3. The van der Waals surface area contributed by atoms with E-state index in [0.29, 0.717) is 13.0 Å². The Kier molecular flexibility index (Phi) is 8.88. The smallest absolute Gasteiger partial charge is 0.307 e. The Balaban J connectivity index is 1.20. The summed E-state index contributed by atoms with van der Waals surface area (Å²) in [6.07, 6.45) is 11.0. The van der Waals surface area contributed by atoms with Crippen molar-refractivity contribution in [2.24, 2.45) is 11.8 Å². The molecule has 0 N–H and O–H groups in total. The molecule has 3 heterocycles. The van der Waals surface area contributed by atoms with Crippen LogP contribution in [0.3, 0.4) is 0 Å². The molecule has 0 radical (unpaired) electrons. The third-order valence-electron chi connectivity index (χ3n) is 7.02. The summed E-state index contributed by atoms with van der Waals surface area (Å²) < 4.78 is 5.45. The second-order valence-electron chi connectivity index (χ2n) is 9.05. The Morgan fingerprint density at radius 3 is 2.07 bits per heavy atom. The molecule has 0 saturated carbocycles. The minimum Gasteiger partial charge on any atom is -0.466 e. The van der Waals surface area contributed by atoms with Crippen LogP contribution >= 0.6 is 0 Å². The number of piperidine rings is 3. The standard InChI is InChI=1S/C22H41N3O2/c1-23-14-6-20(7-15-23)21-8-16-25(17-9-21)18-10-22(26)27-19-5-13-24-11-3-2-4-12-24/h20-21H,2-19H2,1H3. The topological polar surface area (TPSA) is 36.0 Å². The molecule has 156 valence electrons. The monoisotopic (exact) mass is 379 g/mol. The molecule has 0 aliphatic carbocycles. The van der Waals surface area contributed by atoms with Crippen molar-refractivity contribution in [2.45, 2.75) is 57.8 Å². The third-order valence-corrected chi connectivity index (χ3v) is 7.02. The zero-order chi connectivity index (χ0) is 18.9. The molecule has 0 aromatic heterocycles. The van der Waals surface area contributed by atoms with Gasteiger partial charge in [-0.25, -0.2) is 0 Å². The number of ether oxygens (including phenoxy) is 1. The average molecular weight is 380 g/mol. The van der Waals surface area contributed by atoms with Gasteiger partial charge < -0.3 is 19.4 Å². The molecule has 0 atom stereocenters. The van der Waals surface area contributed by atoms with Gasteiger partial charge in [-0.2, -0.15) is 0 Å². The highest BCUT2D eigenvalue weighted by Crippen LogP contribution is 2.32. The largest absolute Gasteiger partial charge is 0.466 e. The van der Waals surface area contributed by atoms with Crippen molar-refractivity contribution in [1.29, 1.82) is 0 Å². The molecule has 0 amide bonds. The normalized spacial score (nSPS) is 24.9. The van der Waals surface area contributed by atoms with Gasteiger partial charge in [0, 0.05) is 13.1 Å². The highest BCUT2D eigenvalue weighted by molar-refractivity contribution is 5.69. The van der Waals surface area contributed by atoms with E-state index in [1.54, 1.807) is 0 Å². The van der Waals surface area contributed by atoms with Gasteiger partial charge in [-0.3, -0.25) is 4.79 Å². The molecule has 3 fully saturated rings. The fourth-order valence-electron chi connectivity index (χ4n) is 5.13. The molecule has 3 saturated heterocycles. The lowest BCUT2D eigenvalue weighted by Gasteiger charge is -2.39. The van der Waals surface area contributed by atoms with Crippen molar-refractivity contribution in [3.05, 3.63) is 0 Å². The number of hydrogen-bond acceptors (Lipinski definition) is 5. The van der Waals surface area contributed by atoms with E-state index in [0.717, 1.165) is 31.3 Å². The second kappa shape index (κ2) is 11.4. The fourth-order valence-corrected chi connectivity index (χ4v) is 5.13. The molecule has 3 aliphatic rings. The van der Waals surface area contributed by atoms with Gasteiger partial charge in [0.25, 0.3) is 0 Å². The van der Waals surface area contributed by atoms with Crippen molar-refractivity contribution in [2.75, 3.05) is 66.0 Å². The summed E-state index contributed by atoms with van der Waals surface area (Å²) in [6.45, 7) is 9.88. The number of nitrogens with zero attached hydrogens (tertiary/aromatic N) is 3. The Morgan fingerprint density at radius 2 is 1.41 bits per heavy atom. The van der Waals surface area contributed by atoms with Crippen molar-refractivity contribution in [3.63, 3.8) is 0 Å². The van der Waals surface area contributed by atoms with Crippen LogP contribution in [0.25, 0.3) is 0 Å². The maximum atomic E-state index is 12.0. The average Bonchev–Trinajstić information content (AvgIpc) is 2.71. The SMILES string of the molecule is CN1CCC(C2CCN(CCC(=O)OCCCN3CCCCC3)CC2)CC1. The van der Waals surface area contributed by atoms with Gasteiger partial charge in [0.1, 0.15) is 0 Å². The first-order chi connectivity index (χ1) is 13.2. The first-order valence-electron chi connectivity index (χ1n) is 11.5. The molecule has 5 nitrogen and oxygen atoms in total. The lowest BCUT2D eigenvalue weighted by molar-refractivity contribution is -0.144. The first-order valence-corrected chi connectivity index (χ1v) is 11.5. The predicted molar refractivity (Wildman–Crippen MR) is 110 cm³/mol. The molecule has 0 bridgehead atoms. The summed E-state index contributed by atoms with van der Waals surface area (Å²) in [6, 6.07) is 0. The number of rotatable bonds is 8. The summed E-state index contributed by atoms with van der Waals surface area (Å²) >= 11 is 0. The molecular formula is C22H41N3O2. The molecule has 0 spiro atoms. The molecule has 27 heavy (non-hydrogen) atoms. The van der Waals surface area contributed by atoms with Gasteiger partial charge >= 0.3 is 5.97 Å². The van der Waals surface area contributed by atoms with Crippen LogP contribution in [0.15, 0.2) is 0 Å². The minimum atomic E-state index is -0.00825. The maximum Gasteiger partial charge on any atom is 0.307 e.